The summed E-state index contributed by atoms with van der Waals surface area (Å²) in [6, 6.07) is 12.4. The van der Waals surface area contributed by atoms with Crippen LogP contribution in [0.1, 0.15) is 23.2 Å². The van der Waals surface area contributed by atoms with Crippen molar-refractivity contribution in [1.29, 1.82) is 0 Å². The zero-order chi connectivity index (χ0) is 14.1. The van der Waals surface area contributed by atoms with Gasteiger partial charge in [0.1, 0.15) is 5.75 Å². The van der Waals surface area contributed by atoms with Gasteiger partial charge in [-0.3, -0.25) is 0 Å². The second-order valence-electron chi connectivity index (χ2n) is 4.96. The van der Waals surface area contributed by atoms with Crippen molar-refractivity contribution in [1.82, 2.24) is 0 Å². The molecule has 1 aliphatic carbocycles. The molecule has 102 valence electrons. The van der Waals surface area contributed by atoms with Crippen LogP contribution in [0, 0.1) is 0 Å². The fourth-order valence-corrected chi connectivity index (χ4v) is 2.06. The van der Waals surface area contributed by atoms with Gasteiger partial charge in [0.05, 0.1) is 11.7 Å². The van der Waals surface area contributed by atoms with E-state index in [9.17, 15) is 4.79 Å². The number of hydrogen-bond donors (Lipinski definition) is 2. The van der Waals surface area contributed by atoms with Gasteiger partial charge in [-0.05, 0) is 48.7 Å². The van der Waals surface area contributed by atoms with Crippen molar-refractivity contribution in [2.24, 2.45) is 0 Å². The summed E-state index contributed by atoms with van der Waals surface area (Å²) in [7, 11) is 0. The highest BCUT2D eigenvalue weighted by Gasteiger charge is 2.25. The third kappa shape index (κ3) is 2.59. The molecule has 0 aromatic heterocycles. The van der Waals surface area contributed by atoms with Gasteiger partial charge in [-0.1, -0.05) is 12.1 Å². The maximum atomic E-state index is 11.1. The lowest BCUT2D eigenvalue weighted by Crippen LogP contribution is -2.02. The highest BCUT2D eigenvalue weighted by atomic mass is 16.5. The fraction of sp³-hybridized carbons (Fsp3) is 0.188. The molecule has 0 radical (unpaired) electrons. The molecule has 0 atom stereocenters. The van der Waals surface area contributed by atoms with Gasteiger partial charge in [-0.15, -0.1) is 0 Å². The van der Waals surface area contributed by atoms with E-state index >= 15 is 0 Å². The minimum atomic E-state index is -0.954. The molecular formula is C16H15NO3. The Labute approximate surface area is 116 Å². The van der Waals surface area contributed by atoms with Crippen LogP contribution in [0.25, 0.3) is 11.1 Å². The van der Waals surface area contributed by atoms with Gasteiger partial charge in [0.15, 0.2) is 0 Å². The summed E-state index contributed by atoms with van der Waals surface area (Å²) in [5.41, 5.74) is 8.50. The van der Waals surface area contributed by atoms with Crippen molar-refractivity contribution < 1.29 is 14.6 Å². The zero-order valence-electron chi connectivity index (χ0n) is 10.9. The number of carboxylic acid groups (broad SMARTS) is 1. The molecule has 0 spiro atoms. The Kier molecular flexibility index (Phi) is 3.06. The Bertz CT molecular complexity index is 663. The molecule has 1 aliphatic rings. The first-order valence-electron chi connectivity index (χ1n) is 6.53. The van der Waals surface area contributed by atoms with E-state index in [2.05, 4.69) is 0 Å². The summed E-state index contributed by atoms with van der Waals surface area (Å²) < 4.78 is 5.84. The lowest BCUT2D eigenvalue weighted by molar-refractivity contribution is 0.0696. The molecule has 0 heterocycles. The molecule has 0 bridgehead atoms. The molecule has 3 N–H and O–H groups in total. The topological polar surface area (TPSA) is 72.6 Å². The lowest BCUT2D eigenvalue weighted by Gasteiger charge is -2.12. The van der Waals surface area contributed by atoms with E-state index < -0.39 is 5.97 Å². The van der Waals surface area contributed by atoms with Crippen LogP contribution in [0.5, 0.6) is 5.75 Å². The Hall–Kier alpha value is -2.49. The van der Waals surface area contributed by atoms with Gasteiger partial charge in [0, 0.05) is 11.3 Å². The summed E-state index contributed by atoms with van der Waals surface area (Å²) in [5, 5.41) is 9.09. The zero-order valence-corrected chi connectivity index (χ0v) is 10.9. The van der Waals surface area contributed by atoms with Crippen LogP contribution in [0.3, 0.4) is 0 Å². The van der Waals surface area contributed by atoms with Crippen LogP contribution >= 0.6 is 0 Å². The molecule has 0 unspecified atom stereocenters. The number of ether oxygens (including phenoxy) is 1. The summed E-state index contributed by atoms with van der Waals surface area (Å²) in [4.78, 5) is 11.1. The minimum Gasteiger partial charge on any atom is -0.490 e. The Balaban J connectivity index is 2.06. The van der Waals surface area contributed by atoms with E-state index in [1.807, 2.05) is 24.3 Å². The van der Waals surface area contributed by atoms with E-state index in [-0.39, 0.29) is 11.7 Å². The molecule has 2 aromatic carbocycles. The van der Waals surface area contributed by atoms with Crippen molar-refractivity contribution >= 4 is 11.7 Å². The predicted octanol–water partition coefficient (Wildman–Crippen LogP) is 3.18. The summed E-state index contributed by atoms with van der Waals surface area (Å²) in [6.45, 7) is 0. The summed E-state index contributed by atoms with van der Waals surface area (Å²) >= 11 is 0. The van der Waals surface area contributed by atoms with Crippen LogP contribution in [0.4, 0.5) is 5.69 Å². The van der Waals surface area contributed by atoms with Crippen LogP contribution in [-0.2, 0) is 0 Å². The van der Waals surface area contributed by atoms with Gasteiger partial charge in [-0.25, -0.2) is 4.79 Å². The number of carbonyl (C=O) groups is 1. The van der Waals surface area contributed by atoms with Crippen LogP contribution in [0.2, 0.25) is 0 Å². The highest BCUT2D eigenvalue weighted by Crippen LogP contribution is 2.36. The molecule has 0 aliphatic heterocycles. The number of benzene rings is 2. The number of aromatic carboxylic acids is 1. The predicted molar refractivity (Wildman–Crippen MR) is 76.9 cm³/mol. The average molecular weight is 269 g/mol. The number of nitrogen functional groups attached to an aromatic ring is 1. The normalized spacial score (nSPS) is 14.0. The van der Waals surface area contributed by atoms with E-state index in [4.69, 9.17) is 15.6 Å². The van der Waals surface area contributed by atoms with Crippen molar-refractivity contribution in [3.05, 3.63) is 48.0 Å². The second kappa shape index (κ2) is 4.89. The third-order valence-electron chi connectivity index (χ3n) is 3.24. The average Bonchev–Trinajstić information content (AvgIpc) is 3.22. The van der Waals surface area contributed by atoms with E-state index in [0.29, 0.717) is 11.4 Å². The molecule has 20 heavy (non-hydrogen) atoms. The number of nitrogens with two attached hydrogens (primary N) is 1. The Morgan fingerprint density at radius 2 is 2.00 bits per heavy atom. The molecule has 0 amide bonds. The maximum Gasteiger partial charge on any atom is 0.335 e. The number of carboxylic acids is 1. The monoisotopic (exact) mass is 269 g/mol. The fourth-order valence-electron chi connectivity index (χ4n) is 2.06. The van der Waals surface area contributed by atoms with Crippen LogP contribution in [0.15, 0.2) is 42.5 Å². The maximum absolute atomic E-state index is 11.1. The molecule has 4 heteroatoms. The van der Waals surface area contributed by atoms with Crippen LogP contribution in [-0.4, -0.2) is 17.2 Å². The van der Waals surface area contributed by atoms with Crippen LogP contribution < -0.4 is 10.5 Å². The molecule has 1 saturated carbocycles. The van der Waals surface area contributed by atoms with Gasteiger partial charge in [0.2, 0.25) is 0 Å². The number of anilines is 1. The molecule has 0 saturated heterocycles. The van der Waals surface area contributed by atoms with Crippen molar-refractivity contribution in [2.75, 3.05) is 5.73 Å². The molecule has 4 nitrogen and oxygen atoms in total. The van der Waals surface area contributed by atoms with Crippen molar-refractivity contribution in [2.45, 2.75) is 18.9 Å². The number of rotatable bonds is 4. The quantitative estimate of drug-likeness (QED) is 0.836. The Morgan fingerprint density at radius 1 is 1.20 bits per heavy atom. The first kappa shape index (κ1) is 12.5. The van der Waals surface area contributed by atoms with Gasteiger partial charge in [0.25, 0.3) is 0 Å². The summed E-state index contributed by atoms with van der Waals surface area (Å²) in [6.07, 6.45) is 2.25. The molecule has 1 fully saturated rings. The first-order valence-corrected chi connectivity index (χ1v) is 6.53. The first-order chi connectivity index (χ1) is 9.63. The van der Waals surface area contributed by atoms with Gasteiger partial charge in [-0.2, -0.15) is 0 Å². The third-order valence-corrected chi connectivity index (χ3v) is 3.24. The molecule has 3 rings (SSSR count). The van der Waals surface area contributed by atoms with E-state index in [1.165, 1.54) is 0 Å². The smallest absolute Gasteiger partial charge is 0.335 e. The van der Waals surface area contributed by atoms with Gasteiger partial charge >= 0.3 is 5.97 Å². The van der Waals surface area contributed by atoms with Crippen molar-refractivity contribution in [3.63, 3.8) is 0 Å². The largest absolute Gasteiger partial charge is 0.490 e. The highest BCUT2D eigenvalue weighted by molar-refractivity contribution is 5.90. The number of hydrogen-bond acceptors (Lipinski definition) is 3. The minimum absolute atomic E-state index is 0.207. The molecular weight excluding hydrogens is 254 g/mol. The van der Waals surface area contributed by atoms with Gasteiger partial charge < -0.3 is 15.6 Å². The standard InChI is InChI=1S/C16H15NO3/c17-12-3-1-2-10(8-12)14-7-4-11(16(18)19)9-15(14)20-13-5-6-13/h1-4,7-9,13H,5-6,17H2,(H,18,19). The summed E-state index contributed by atoms with van der Waals surface area (Å²) in [5.74, 6) is -0.345. The Morgan fingerprint density at radius 3 is 2.65 bits per heavy atom. The van der Waals surface area contributed by atoms with E-state index in [1.54, 1.807) is 18.2 Å². The lowest BCUT2D eigenvalue weighted by atomic mass is 10.0. The molecule has 2 aromatic rings. The van der Waals surface area contributed by atoms with E-state index in [0.717, 1.165) is 24.0 Å². The second-order valence-corrected chi connectivity index (χ2v) is 4.96. The van der Waals surface area contributed by atoms with Crippen molar-refractivity contribution in [3.8, 4) is 16.9 Å². The SMILES string of the molecule is Nc1cccc(-c2ccc(C(=O)O)cc2OC2CC2)c1.